The highest BCUT2D eigenvalue weighted by molar-refractivity contribution is 9.10. The number of hydrogen-bond donors (Lipinski definition) is 2. The number of carbonyl (C=O) groups excluding carboxylic acids is 1. The third-order valence-electron chi connectivity index (χ3n) is 3.71. The molecule has 1 fully saturated rings. The van der Waals surface area contributed by atoms with E-state index in [0.717, 1.165) is 10.0 Å². The molecule has 1 heterocycles. The molecular weight excluding hydrogens is 360 g/mol. The predicted octanol–water partition coefficient (Wildman–Crippen LogP) is 3.60. The first-order valence-corrected chi connectivity index (χ1v) is 7.71. The van der Waals surface area contributed by atoms with Crippen molar-refractivity contribution in [1.82, 2.24) is 4.90 Å². The van der Waals surface area contributed by atoms with Crippen LogP contribution < -0.4 is 5.32 Å². The molecule has 21 heavy (non-hydrogen) atoms. The molecule has 2 unspecified atom stereocenters. The van der Waals surface area contributed by atoms with Crippen LogP contribution in [0.4, 0.5) is 10.5 Å². The molecule has 0 aliphatic carbocycles. The van der Waals surface area contributed by atoms with Crippen LogP contribution in [0.1, 0.15) is 12.5 Å². The standard InChI is InChI=1S/C14H16BrClN2O3/c1-7-3-10(15)12(4-11(7)16)17-14(21)18-5-8(2)9(6-18)13(19)20/h3-4,8-9H,5-6H2,1-2H3,(H,17,21)(H,19,20). The molecule has 1 aliphatic rings. The van der Waals surface area contributed by atoms with Gasteiger partial charge in [-0.25, -0.2) is 4.79 Å². The molecule has 0 saturated carbocycles. The molecule has 114 valence electrons. The molecule has 2 rings (SSSR count). The molecule has 0 bridgehead atoms. The maximum absolute atomic E-state index is 12.2. The Bertz CT molecular complexity index is 594. The number of likely N-dealkylation sites (tertiary alicyclic amines) is 1. The summed E-state index contributed by atoms with van der Waals surface area (Å²) in [6.45, 7) is 4.36. The van der Waals surface area contributed by atoms with Gasteiger partial charge in [-0.15, -0.1) is 0 Å². The van der Waals surface area contributed by atoms with Gasteiger partial charge in [-0.2, -0.15) is 0 Å². The molecule has 0 aromatic heterocycles. The Labute approximate surface area is 136 Å². The van der Waals surface area contributed by atoms with Crippen LogP contribution in [-0.2, 0) is 4.79 Å². The van der Waals surface area contributed by atoms with E-state index in [1.54, 1.807) is 6.07 Å². The minimum atomic E-state index is -0.864. The Morgan fingerprint density at radius 1 is 1.43 bits per heavy atom. The molecule has 1 aromatic rings. The molecule has 7 heteroatoms. The van der Waals surface area contributed by atoms with Crippen molar-refractivity contribution < 1.29 is 14.7 Å². The zero-order chi connectivity index (χ0) is 15.7. The second-order valence-electron chi connectivity index (χ2n) is 5.34. The van der Waals surface area contributed by atoms with Gasteiger partial charge in [-0.05, 0) is 46.5 Å². The van der Waals surface area contributed by atoms with Gasteiger partial charge in [0.15, 0.2) is 0 Å². The summed E-state index contributed by atoms with van der Waals surface area (Å²) in [7, 11) is 0. The molecule has 1 saturated heterocycles. The average molecular weight is 376 g/mol. The molecule has 2 atom stereocenters. The summed E-state index contributed by atoms with van der Waals surface area (Å²) in [5.74, 6) is -1.43. The zero-order valence-electron chi connectivity index (χ0n) is 11.7. The molecule has 0 spiro atoms. The lowest BCUT2D eigenvalue weighted by molar-refractivity contribution is -0.142. The number of halogens is 2. The lowest BCUT2D eigenvalue weighted by atomic mass is 9.99. The Hall–Kier alpha value is -1.27. The van der Waals surface area contributed by atoms with Gasteiger partial charge in [0.1, 0.15) is 0 Å². The lowest BCUT2D eigenvalue weighted by Gasteiger charge is -2.18. The highest BCUT2D eigenvalue weighted by Crippen LogP contribution is 2.30. The first kappa shape index (κ1) is 16.1. The first-order valence-electron chi connectivity index (χ1n) is 6.54. The number of nitrogens with zero attached hydrogens (tertiary/aromatic N) is 1. The van der Waals surface area contributed by atoms with E-state index in [0.29, 0.717) is 17.3 Å². The van der Waals surface area contributed by atoms with Crippen LogP contribution in [0.2, 0.25) is 5.02 Å². The van der Waals surface area contributed by atoms with Gasteiger partial charge >= 0.3 is 12.0 Å². The Morgan fingerprint density at radius 3 is 2.67 bits per heavy atom. The second kappa shape index (κ2) is 6.23. The number of hydrogen-bond acceptors (Lipinski definition) is 2. The van der Waals surface area contributed by atoms with Crippen LogP contribution in [0.5, 0.6) is 0 Å². The minimum absolute atomic E-state index is 0.0571. The van der Waals surface area contributed by atoms with Crippen molar-refractivity contribution in [1.29, 1.82) is 0 Å². The molecule has 5 nitrogen and oxygen atoms in total. The Morgan fingerprint density at radius 2 is 2.10 bits per heavy atom. The molecule has 0 radical (unpaired) electrons. The van der Waals surface area contributed by atoms with E-state index < -0.39 is 11.9 Å². The largest absolute Gasteiger partial charge is 0.481 e. The van der Waals surface area contributed by atoms with Crippen LogP contribution in [-0.4, -0.2) is 35.1 Å². The normalized spacial score (nSPS) is 21.4. The van der Waals surface area contributed by atoms with Crippen LogP contribution in [0.3, 0.4) is 0 Å². The van der Waals surface area contributed by atoms with Gasteiger partial charge in [-0.1, -0.05) is 18.5 Å². The van der Waals surface area contributed by atoms with Crippen molar-refractivity contribution in [3.05, 3.63) is 27.2 Å². The number of amides is 2. The third-order valence-corrected chi connectivity index (χ3v) is 4.77. The summed E-state index contributed by atoms with van der Waals surface area (Å²) in [5, 5.41) is 12.4. The van der Waals surface area contributed by atoms with Gasteiger partial charge in [0.25, 0.3) is 0 Å². The quantitative estimate of drug-likeness (QED) is 0.830. The topological polar surface area (TPSA) is 69.6 Å². The van der Waals surface area contributed by atoms with Crippen molar-refractivity contribution in [2.75, 3.05) is 18.4 Å². The summed E-state index contributed by atoms with van der Waals surface area (Å²) in [4.78, 5) is 24.8. The van der Waals surface area contributed by atoms with Crippen LogP contribution >= 0.6 is 27.5 Å². The fourth-order valence-corrected chi connectivity index (χ4v) is 3.11. The van der Waals surface area contributed by atoms with E-state index in [-0.39, 0.29) is 18.5 Å². The highest BCUT2D eigenvalue weighted by atomic mass is 79.9. The minimum Gasteiger partial charge on any atom is -0.481 e. The summed E-state index contributed by atoms with van der Waals surface area (Å²) < 4.78 is 0.736. The molecule has 1 aromatic carbocycles. The lowest BCUT2D eigenvalue weighted by Crippen LogP contribution is -2.34. The van der Waals surface area contributed by atoms with E-state index >= 15 is 0 Å². The summed E-state index contributed by atoms with van der Waals surface area (Å²) in [6, 6.07) is 3.18. The fourth-order valence-electron chi connectivity index (χ4n) is 2.39. The van der Waals surface area contributed by atoms with Gasteiger partial charge in [-0.3, -0.25) is 4.79 Å². The van der Waals surface area contributed by atoms with Crippen molar-refractivity contribution in [3.8, 4) is 0 Å². The van der Waals surface area contributed by atoms with Crippen LogP contribution in [0, 0.1) is 18.8 Å². The number of carboxylic acids is 1. The highest BCUT2D eigenvalue weighted by Gasteiger charge is 2.37. The number of aryl methyl sites for hydroxylation is 1. The second-order valence-corrected chi connectivity index (χ2v) is 6.60. The van der Waals surface area contributed by atoms with Crippen molar-refractivity contribution >= 4 is 45.2 Å². The monoisotopic (exact) mass is 374 g/mol. The van der Waals surface area contributed by atoms with E-state index in [1.165, 1.54) is 4.90 Å². The van der Waals surface area contributed by atoms with E-state index in [2.05, 4.69) is 21.2 Å². The number of urea groups is 1. The van der Waals surface area contributed by atoms with E-state index in [9.17, 15) is 9.59 Å². The number of carbonyl (C=O) groups is 2. The molecule has 2 amide bonds. The van der Waals surface area contributed by atoms with Gasteiger partial charge in [0.05, 0.1) is 11.6 Å². The smallest absolute Gasteiger partial charge is 0.321 e. The van der Waals surface area contributed by atoms with Crippen molar-refractivity contribution in [3.63, 3.8) is 0 Å². The average Bonchev–Trinajstić information content (AvgIpc) is 2.78. The van der Waals surface area contributed by atoms with Gasteiger partial charge in [0, 0.05) is 22.6 Å². The zero-order valence-corrected chi connectivity index (χ0v) is 14.0. The Balaban J connectivity index is 2.09. The number of nitrogens with one attached hydrogen (secondary N) is 1. The van der Waals surface area contributed by atoms with E-state index in [1.807, 2.05) is 19.9 Å². The summed E-state index contributed by atoms with van der Waals surface area (Å²) in [5.41, 5.74) is 1.48. The summed E-state index contributed by atoms with van der Waals surface area (Å²) >= 11 is 9.43. The van der Waals surface area contributed by atoms with Crippen molar-refractivity contribution in [2.45, 2.75) is 13.8 Å². The maximum atomic E-state index is 12.2. The van der Waals surface area contributed by atoms with Gasteiger partial charge < -0.3 is 15.3 Å². The number of rotatable bonds is 2. The van der Waals surface area contributed by atoms with Gasteiger partial charge in [0.2, 0.25) is 0 Å². The van der Waals surface area contributed by atoms with Crippen molar-refractivity contribution in [2.24, 2.45) is 11.8 Å². The van der Waals surface area contributed by atoms with Crippen LogP contribution in [0.25, 0.3) is 0 Å². The molecular formula is C14H16BrClN2O3. The number of carboxylic acid groups (broad SMARTS) is 1. The fraction of sp³-hybridized carbons (Fsp3) is 0.429. The molecule has 2 N–H and O–H groups in total. The first-order chi connectivity index (χ1) is 9.79. The third kappa shape index (κ3) is 3.49. The molecule has 1 aliphatic heterocycles. The Kier molecular flexibility index (Phi) is 4.78. The number of anilines is 1. The SMILES string of the molecule is Cc1cc(Br)c(NC(=O)N2CC(C)C(C(=O)O)C2)cc1Cl. The van der Waals surface area contributed by atoms with E-state index in [4.69, 9.17) is 16.7 Å². The number of aliphatic carboxylic acids is 1. The van der Waals surface area contributed by atoms with Crippen LogP contribution in [0.15, 0.2) is 16.6 Å². The number of benzene rings is 1. The maximum Gasteiger partial charge on any atom is 0.321 e. The summed E-state index contributed by atoms with van der Waals surface area (Å²) in [6.07, 6.45) is 0. The predicted molar refractivity (Wildman–Crippen MR) is 84.8 cm³/mol.